The molecular weight excluding hydrogens is 258 g/mol. The Morgan fingerprint density at radius 3 is 2.65 bits per heavy atom. The van der Waals surface area contributed by atoms with Crippen molar-refractivity contribution in [3.8, 4) is 0 Å². The summed E-state index contributed by atoms with van der Waals surface area (Å²) in [6, 6.07) is 0. The molecule has 20 heavy (non-hydrogen) atoms. The molecule has 6 nitrogen and oxygen atoms in total. The van der Waals surface area contributed by atoms with E-state index < -0.39 is 0 Å². The van der Waals surface area contributed by atoms with Crippen molar-refractivity contribution in [3.05, 3.63) is 30.0 Å². The number of oxazole rings is 1. The Bertz CT molecular complexity index is 506. The first-order chi connectivity index (χ1) is 9.35. The number of rotatable bonds is 6. The number of amides is 2. The van der Waals surface area contributed by atoms with Gasteiger partial charge in [-0.15, -0.1) is 0 Å². The standard InChI is InChI=1S/C14H21N3O3/c1-6-13(19)17(5)8-12(18)15-7-11-10(4)16-14(20-11)9(2)3/h6,9H,1,7-8H2,2-5H3,(H,15,18). The molecule has 0 aliphatic rings. The Morgan fingerprint density at radius 2 is 2.15 bits per heavy atom. The fourth-order valence-corrected chi connectivity index (χ4v) is 1.55. The molecule has 0 saturated heterocycles. The fraction of sp³-hybridized carbons (Fsp3) is 0.500. The van der Waals surface area contributed by atoms with Gasteiger partial charge in [-0.25, -0.2) is 4.98 Å². The first-order valence-electron chi connectivity index (χ1n) is 6.45. The van der Waals surface area contributed by atoms with Gasteiger partial charge in [0.1, 0.15) is 5.76 Å². The molecule has 0 radical (unpaired) electrons. The molecule has 110 valence electrons. The lowest BCUT2D eigenvalue weighted by Crippen LogP contribution is -2.37. The monoisotopic (exact) mass is 279 g/mol. The van der Waals surface area contributed by atoms with Crippen LogP contribution in [0.25, 0.3) is 0 Å². The zero-order valence-electron chi connectivity index (χ0n) is 12.4. The van der Waals surface area contributed by atoms with Crippen molar-refractivity contribution in [1.82, 2.24) is 15.2 Å². The van der Waals surface area contributed by atoms with Crippen LogP contribution in [0.15, 0.2) is 17.1 Å². The number of nitrogens with one attached hydrogen (secondary N) is 1. The van der Waals surface area contributed by atoms with Gasteiger partial charge in [0.15, 0.2) is 5.89 Å². The molecule has 0 atom stereocenters. The van der Waals surface area contributed by atoms with E-state index in [0.29, 0.717) is 11.7 Å². The largest absolute Gasteiger partial charge is 0.443 e. The molecule has 0 aromatic carbocycles. The quantitative estimate of drug-likeness (QED) is 0.798. The second-order valence-corrected chi connectivity index (χ2v) is 4.89. The minimum absolute atomic E-state index is 0.0188. The molecule has 0 bridgehead atoms. The van der Waals surface area contributed by atoms with Crippen LogP contribution in [-0.2, 0) is 16.1 Å². The SMILES string of the molecule is C=CC(=O)N(C)CC(=O)NCc1oc(C(C)C)nc1C. The lowest BCUT2D eigenvalue weighted by atomic mass is 10.2. The topological polar surface area (TPSA) is 75.4 Å². The highest BCUT2D eigenvalue weighted by atomic mass is 16.4. The maximum atomic E-state index is 11.7. The van der Waals surface area contributed by atoms with Gasteiger partial charge < -0.3 is 14.6 Å². The van der Waals surface area contributed by atoms with E-state index in [1.807, 2.05) is 20.8 Å². The molecule has 0 unspecified atom stereocenters. The van der Waals surface area contributed by atoms with E-state index in [2.05, 4.69) is 16.9 Å². The van der Waals surface area contributed by atoms with Crippen molar-refractivity contribution in [3.63, 3.8) is 0 Å². The highest BCUT2D eigenvalue weighted by molar-refractivity contribution is 5.90. The second kappa shape index (κ2) is 6.88. The number of aryl methyl sites for hydroxylation is 1. The van der Waals surface area contributed by atoms with Crippen molar-refractivity contribution in [2.24, 2.45) is 0 Å². The number of nitrogens with zero attached hydrogens (tertiary/aromatic N) is 2. The Kier molecular flexibility index (Phi) is 5.49. The third-order valence-electron chi connectivity index (χ3n) is 2.78. The highest BCUT2D eigenvalue weighted by Gasteiger charge is 2.14. The number of likely N-dealkylation sites (N-methyl/N-ethyl adjacent to an activating group) is 1. The van der Waals surface area contributed by atoms with Gasteiger partial charge in [0, 0.05) is 13.0 Å². The maximum absolute atomic E-state index is 11.7. The Balaban J connectivity index is 2.53. The van der Waals surface area contributed by atoms with Crippen molar-refractivity contribution >= 4 is 11.8 Å². The van der Waals surface area contributed by atoms with Crippen LogP contribution in [0, 0.1) is 6.92 Å². The van der Waals surface area contributed by atoms with Gasteiger partial charge in [-0.1, -0.05) is 20.4 Å². The number of carbonyl (C=O) groups is 2. The molecule has 0 saturated carbocycles. The van der Waals surface area contributed by atoms with Crippen LogP contribution in [0.4, 0.5) is 0 Å². The number of hydrogen-bond acceptors (Lipinski definition) is 4. The smallest absolute Gasteiger partial charge is 0.246 e. The van der Waals surface area contributed by atoms with Gasteiger partial charge in [0.2, 0.25) is 11.8 Å². The Hall–Kier alpha value is -2.11. The summed E-state index contributed by atoms with van der Waals surface area (Å²) in [7, 11) is 1.54. The van der Waals surface area contributed by atoms with Gasteiger partial charge in [0.05, 0.1) is 18.8 Å². The normalized spacial score (nSPS) is 10.4. The van der Waals surface area contributed by atoms with Crippen LogP contribution in [0.3, 0.4) is 0 Å². The molecule has 1 aromatic heterocycles. The van der Waals surface area contributed by atoms with Gasteiger partial charge in [0.25, 0.3) is 0 Å². The summed E-state index contributed by atoms with van der Waals surface area (Å²) in [6.45, 7) is 9.43. The first-order valence-corrected chi connectivity index (χ1v) is 6.45. The van der Waals surface area contributed by atoms with E-state index in [1.165, 1.54) is 11.0 Å². The first kappa shape index (κ1) is 15.9. The summed E-state index contributed by atoms with van der Waals surface area (Å²) in [5.74, 6) is 0.947. The summed E-state index contributed by atoms with van der Waals surface area (Å²) in [4.78, 5) is 28.5. The molecule has 1 heterocycles. The predicted octanol–water partition coefficient (Wildman–Crippen LogP) is 1.37. The average Bonchev–Trinajstić information content (AvgIpc) is 2.77. The summed E-state index contributed by atoms with van der Waals surface area (Å²) >= 11 is 0. The highest BCUT2D eigenvalue weighted by Crippen LogP contribution is 2.17. The zero-order valence-corrected chi connectivity index (χ0v) is 12.4. The minimum atomic E-state index is -0.293. The van der Waals surface area contributed by atoms with E-state index >= 15 is 0 Å². The Morgan fingerprint density at radius 1 is 1.50 bits per heavy atom. The Labute approximate surface area is 118 Å². The molecule has 6 heteroatoms. The van der Waals surface area contributed by atoms with Gasteiger partial charge in [-0.2, -0.15) is 0 Å². The van der Waals surface area contributed by atoms with Crippen LogP contribution >= 0.6 is 0 Å². The van der Waals surface area contributed by atoms with Crippen LogP contribution < -0.4 is 5.32 Å². The van der Waals surface area contributed by atoms with Gasteiger partial charge in [-0.3, -0.25) is 9.59 Å². The summed E-state index contributed by atoms with van der Waals surface area (Å²) in [6.07, 6.45) is 1.17. The summed E-state index contributed by atoms with van der Waals surface area (Å²) in [5, 5.41) is 2.70. The van der Waals surface area contributed by atoms with E-state index in [4.69, 9.17) is 4.42 Å². The van der Waals surface area contributed by atoms with Crippen molar-refractivity contribution in [2.75, 3.05) is 13.6 Å². The van der Waals surface area contributed by atoms with E-state index in [-0.39, 0.29) is 30.8 Å². The number of carbonyl (C=O) groups excluding carboxylic acids is 2. The van der Waals surface area contributed by atoms with Crippen LogP contribution in [0.5, 0.6) is 0 Å². The van der Waals surface area contributed by atoms with Crippen LogP contribution in [0.1, 0.15) is 37.1 Å². The van der Waals surface area contributed by atoms with Crippen molar-refractivity contribution in [2.45, 2.75) is 33.2 Å². The molecule has 0 aliphatic heterocycles. The third kappa shape index (κ3) is 4.22. The van der Waals surface area contributed by atoms with Crippen LogP contribution in [-0.4, -0.2) is 35.3 Å². The molecular formula is C14H21N3O3. The molecule has 1 rings (SSSR count). The van der Waals surface area contributed by atoms with E-state index in [9.17, 15) is 9.59 Å². The molecule has 0 aliphatic carbocycles. The molecule has 2 amide bonds. The van der Waals surface area contributed by atoms with Crippen molar-refractivity contribution in [1.29, 1.82) is 0 Å². The predicted molar refractivity (Wildman–Crippen MR) is 75.0 cm³/mol. The second-order valence-electron chi connectivity index (χ2n) is 4.89. The van der Waals surface area contributed by atoms with Gasteiger partial charge in [-0.05, 0) is 13.0 Å². The lowest BCUT2D eigenvalue weighted by molar-refractivity contribution is -0.131. The zero-order chi connectivity index (χ0) is 15.3. The summed E-state index contributed by atoms with van der Waals surface area (Å²) < 4.78 is 5.58. The van der Waals surface area contributed by atoms with E-state index in [0.717, 1.165) is 5.69 Å². The van der Waals surface area contributed by atoms with E-state index in [1.54, 1.807) is 7.05 Å². The van der Waals surface area contributed by atoms with Crippen molar-refractivity contribution < 1.29 is 14.0 Å². The fourth-order valence-electron chi connectivity index (χ4n) is 1.55. The molecule has 0 spiro atoms. The van der Waals surface area contributed by atoms with Gasteiger partial charge >= 0.3 is 0 Å². The molecule has 1 aromatic rings. The lowest BCUT2D eigenvalue weighted by Gasteiger charge is -2.14. The molecule has 1 N–H and O–H groups in total. The average molecular weight is 279 g/mol. The molecule has 0 fully saturated rings. The maximum Gasteiger partial charge on any atom is 0.246 e. The third-order valence-corrected chi connectivity index (χ3v) is 2.78. The summed E-state index contributed by atoms with van der Waals surface area (Å²) in [5.41, 5.74) is 0.768. The van der Waals surface area contributed by atoms with Crippen LogP contribution in [0.2, 0.25) is 0 Å². The number of aromatic nitrogens is 1. The number of hydrogen-bond donors (Lipinski definition) is 1. The minimum Gasteiger partial charge on any atom is -0.443 e.